The normalized spacial score (nSPS) is 11.2. The molecule has 2 aromatic heterocycles. The lowest BCUT2D eigenvalue weighted by Gasteiger charge is -2.12. The number of hydrogen-bond donors (Lipinski definition) is 1. The molecule has 23 heavy (non-hydrogen) atoms. The maximum Gasteiger partial charge on any atom is 0.193 e. The van der Waals surface area contributed by atoms with Crippen molar-refractivity contribution >= 4 is 27.7 Å². The Bertz CT molecular complexity index is 1060. The van der Waals surface area contributed by atoms with Crippen LogP contribution in [0.3, 0.4) is 0 Å². The first kappa shape index (κ1) is 13.6. The van der Waals surface area contributed by atoms with Crippen LogP contribution in [-0.4, -0.2) is 24.1 Å². The number of imidazole rings is 1. The predicted octanol–water partition coefficient (Wildman–Crippen LogP) is 3.40. The number of aromatic nitrogens is 2. The lowest BCUT2D eigenvalue weighted by atomic mass is 10.1. The van der Waals surface area contributed by atoms with Gasteiger partial charge in [-0.2, -0.15) is 0 Å². The Morgan fingerprint density at radius 3 is 2.61 bits per heavy atom. The molecule has 0 saturated carbocycles. The molecule has 0 bridgehead atoms. The molecule has 2 heterocycles. The molecule has 0 aliphatic heterocycles. The minimum Gasteiger partial charge on any atom is -0.454 e. The molecule has 0 radical (unpaired) electrons. The van der Waals surface area contributed by atoms with Gasteiger partial charge in [0, 0.05) is 31.4 Å². The highest BCUT2D eigenvalue weighted by Gasteiger charge is 2.11. The topological polar surface area (TPSA) is 62.1 Å². The number of fused-ring (bicyclic) bond motifs is 3. The molecule has 0 unspecified atom stereocenters. The molecule has 1 N–H and O–H groups in total. The summed E-state index contributed by atoms with van der Waals surface area (Å²) in [6.45, 7) is 0. The molecule has 114 valence electrons. The Balaban J connectivity index is 1.95. The van der Waals surface area contributed by atoms with Gasteiger partial charge in [-0.15, -0.1) is 0 Å². The van der Waals surface area contributed by atoms with E-state index in [4.69, 9.17) is 4.42 Å². The molecule has 5 heteroatoms. The van der Waals surface area contributed by atoms with E-state index in [9.17, 15) is 4.79 Å². The fraction of sp³-hybridized carbons (Fsp3) is 0.111. The highest BCUT2D eigenvalue weighted by atomic mass is 16.3. The van der Waals surface area contributed by atoms with E-state index in [1.54, 1.807) is 12.4 Å². The van der Waals surface area contributed by atoms with Gasteiger partial charge in [-0.1, -0.05) is 0 Å². The van der Waals surface area contributed by atoms with Crippen molar-refractivity contribution in [2.75, 3.05) is 19.0 Å². The maximum atomic E-state index is 12.4. The summed E-state index contributed by atoms with van der Waals surface area (Å²) in [6, 6.07) is 13.0. The summed E-state index contributed by atoms with van der Waals surface area (Å²) in [5, 5.41) is 0.551. The van der Waals surface area contributed by atoms with Crippen LogP contribution in [0.15, 0.2) is 58.0 Å². The first-order valence-electron chi connectivity index (χ1n) is 7.31. The van der Waals surface area contributed by atoms with Crippen molar-refractivity contribution in [3.05, 3.63) is 59.0 Å². The fourth-order valence-electron chi connectivity index (χ4n) is 2.69. The summed E-state index contributed by atoms with van der Waals surface area (Å²) in [5.41, 5.74) is 3.96. The zero-order chi connectivity index (χ0) is 16.0. The standard InChI is InChI=1S/C18H15N3O2/c1-21(2)12-5-3-11(4-6-12)16-9-15(22)13-7-8-14-17(18(13)23-16)20-10-19-14/h3-10H,1-2H3,(H,19,20). The van der Waals surface area contributed by atoms with Crippen LogP contribution in [0.1, 0.15) is 0 Å². The molecular formula is C18H15N3O2. The molecule has 0 fully saturated rings. The number of nitrogens with zero attached hydrogens (tertiary/aromatic N) is 2. The molecule has 5 nitrogen and oxygen atoms in total. The van der Waals surface area contributed by atoms with Gasteiger partial charge in [0.1, 0.15) is 11.3 Å². The van der Waals surface area contributed by atoms with E-state index in [1.807, 2.05) is 49.3 Å². The van der Waals surface area contributed by atoms with Gasteiger partial charge in [0.15, 0.2) is 11.0 Å². The molecule has 2 aromatic carbocycles. The molecule has 0 amide bonds. The van der Waals surface area contributed by atoms with Gasteiger partial charge in [0.05, 0.1) is 17.2 Å². The Labute approximate surface area is 132 Å². The second kappa shape index (κ2) is 4.98. The van der Waals surface area contributed by atoms with Crippen LogP contribution in [0.25, 0.3) is 33.3 Å². The van der Waals surface area contributed by atoms with Gasteiger partial charge in [-0.25, -0.2) is 4.98 Å². The first-order chi connectivity index (χ1) is 11.1. The fourth-order valence-corrected chi connectivity index (χ4v) is 2.69. The van der Waals surface area contributed by atoms with Crippen LogP contribution in [-0.2, 0) is 0 Å². The highest BCUT2D eigenvalue weighted by Crippen LogP contribution is 2.27. The summed E-state index contributed by atoms with van der Waals surface area (Å²) in [5.74, 6) is 0.551. The second-order valence-electron chi connectivity index (χ2n) is 5.66. The summed E-state index contributed by atoms with van der Waals surface area (Å²) >= 11 is 0. The van der Waals surface area contributed by atoms with Crippen molar-refractivity contribution in [3.63, 3.8) is 0 Å². The van der Waals surface area contributed by atoms with Gasteiger partial charge in [0.25, 0.3) is 0 Å². The summed E-state index contributed by atoms with van der Waals surface area (Å²) in [6.07, 6.45) is 1.60. The zero-order valence-electron chi connectivity index (χ0n) is 12.8. The quantitative estimate of drug-likeness (QED) is 0.616. The maximum absolute atomic E-state index is 12.4. The Morgan fingerprint density at radius 1 is 1.09 bits per heavy atom. The SMILES string of the molecule is CN(C)c1ccc(-c2cc(=O)c3ccc4nc[nH]c4c3o2)cc1. The number of hydrogen-bond acceptors (Lipinski definition) is 4. The van der Waals surface area contributed by atoms with Crippen LogP contribution >= 0.6 is 0 Å². The molecule has 4 aromatic rings. The van der Waals surface area contributed by atoms with Gasteiger partial charge < -0.3 is 14.3 Å². The van der Waals surface area contributed by atoms with Crippen LogP contribution in [0, 0.1) is 0 Å². The van der Waals surface area contributed by atoms with E-state index in [-0.39, 0.29) is 5.43 Å². The van der Waals surface area contributed by atoms with Gasteiger partial charge in [0.2, 0.25) is 0 Å². The molecular weight excluding hydrogens is 290 g/mol. The number of H-pyrrole nitrogens is 1. The van der Waals surface area contributed by atoms with Crippen LogP contribution < -0.4 is 10.3 Å². The van der Waals surface area contributed by atoms with Gasteiger partial charge in [-0.3, -0.25) is 4.79 Å². The molecule has 0 saturated heterocycles. The third kappa shape index (κ3) is 2.17. The highest BCUT2D eigenvalue weighted by molar-refractivity contribution is 6.00. The number of benzene rings is 2. The van der Waals surface area contributed by atoms with Crippen LogP contribution in [0.2, 0.25) is 0 Å². The minimum absolute atomic E-state index is 0.0607. The molecule has 0 aliphatic carbocycles. The minimum atomic E-state index is -0.0607. The Morgan fingerprint density at radius 2 is 1.87 bits per heavy atom. The van der Waals surface area contributed by atoms with E-state index >= 15 is 0 Å². The third-order valence-electron chi connectivity index (χ3n) is 3.96. The number of rotatable bonds is 2. The van der Waals surface area contributed by atoms with Crippen molar-refractivity contribution in [2.45, 2.75) is 0 Å². The monoisotopic (exact) mass is 305 g/mol. The average molecular weight is 305 g/mol. The molecule has 0 spiro atoms. The smallest absolute Gasteiger partial charge is 0.193 e. The van der Waals surface area contributed by atoms with Crippen molar-refractivity contribution in [3.8, 4) is 11.3 Å². The van der Waals surface area contributed by atoms with Gasteiger partial charge in [-0.05, 0) is 36.4 Å². The van der Waals surface area contributed by atoms with Crippen molar-refractivity contribution in [1.29, 1.82) is 0 Å². The van der Waals surface area contributed by atoms with Gasteiger partial charge >= 0.3 is 0 Å². The van der Waals surface area contributed by atoms with E-state index in [2.05, 4.69) is 9.97 Å². The van der Waals surface area contributed by atoms with Crippen molar-refractivity contribution in [2.24, 2.45) is 0 Å². The predicted molar refractivity (Wildman–Crippen MR) is 91.9 cm³/mol. The Hall–Kier alpha value is -3.08. The van der Waals surface area contributed by atoms with E-state index in [0.29, 0.717) is 16.7 Å². The van der Waals surface area contributed by atoms with Crippen LogP contribution in [0.5, 0.6) is 0 Å². The van der Waals surface area contributed by atoms with Crippen molar-refractivity contribution in [1.82, 2.24) is 9.97 Å². The molecule has 4 rings (SSSR count). The summed E-state index contributed by atoms with van der Waals surface area (Å²) in [4.78, 5) is 21.7. The van der Waals surface area contributed by atoms with Crippen LogP contribution in [0.4, 0.5) is 5.69 Å². The number of aromatic amines is 1. The number of anilines is 1. The summed E-state index contributed by atoms with van der Waals surface area (Å²) in [7, 11) is 3.97. The third-order valence-corrected chi connectivity index (χ3v) is 3.96. The largest absolute Gasteiger partial charge is 0.454 e. The van der Waals surface area contributed by atoms with Crippen molar-refractivity contribution < 1.29 is 4.42 Å². The molecule has 0 atom stereocenters. The molecule has 0 aliphatic rings. The average Bonchev–Trinajstić information content (AvgIpc) is 3.04. The lowest BCUT2D eigenvalue weighted by Crippen LogP contribution is -2.08. The lowest BCUT2D eigenvalue weighted by molar-refractivity contribution is 0.622. The Kier molecular flexibility index (Phi) is 2.94. The van der Waals surface area contributed by atoms with E-state index < -0.39 is 0 Å². The first-order valence-corrected chi connectivity index (χ1v) is 7.31. The number of nitrogens with one attached hydrogen (secondary N) is 1. The van der Waals surface area contributed by atoms with E-state index in [0.717, 1.165) is 22.3 Å². The zero-order valence-corrected chi connectivity index (χ0v) is 12.8. The van der Waals surface area contributed by atoms with E-state index in [1.165, 1.54) is 6.07 Å². The second-order valence-corrected chi connectivity index (χ2v) is 5.66. The summed E-state index contributed by atoms with van der Waals surface area (Å²) < 4.78 is 6.02.